The summed E-state index contributed by atoms with van der Waals surface area (Å²) in [5.74, 6) is 4.03. The number of aromatic hydroxyl groups is 2. The number of benzene rings is 3. The molecule has 15 rings (SSSR count). The number of methoxy groups -OCH3 is 1. The molecule has 3 aromatic carbocycles. The van der Waals surface area contributed by atoms with Crippen molar-refractivity contribution in [3.8, 4) is 39.9 Å². The van der Waals surface area contributed by atoms with E-state index in [1.165, 1.54) is 6.42 Å². The van der Waals surface area contributed by atoms with Gasteiger partial charge in [0.2, 0.25) is 0 Å². The number of fused-ring (bicyclic) bond motifs is 2. The van der Waals surface area contributed by atoms with E-state index in [0.29, 0.717) is 97.5 Å². The van der Waals surface area contributed by atoms with E-state index in [9.17, 15) is 30.6 Å². The molecule has 8 bridgehead atoms. The van der Waals surface area contributed by atoms with E-state index >= 15 is 0 Å². The molecule has 0 amide bonds. The maximum Gasteiger partial charge on any atom is 0.188 e. The lowest BCUT2D eigenvalue weighted by Crippen LogP contribution is -2.55. The van der Waals surface area contributed by atoms with Gasteiger partial charge in [0.1, 0.15) is 29.5 Å². The van der Waals surface area contributed by atoms with Crippen molar-refractivity contribution in [3.05, 3.63) is 76.4 Å². The number of unbranched alkanes of at least 4 members (excludes halogenated alkanes) is 2. The first kappa shape index (κ1) is 64.5. The van der Waals surface area contributed by atoms with Gasteiger partial charge in [0.25, 0.3) is 0 Å². The first-order chi connectivity index (χ1) is 43.0. The number of phenolic OH excluding ortho intramolecular Hbond substituents is 2. The fraction of sp³-hybridized carbons (Fsp3) is 0.720. The van der Waals surface area contributed by atoms with Crippen LogP contribution in [0.5, 0.6) is 28.7 Å². The largest absolute Gasteiger partial charge is 0.508 e. The van der Waals surface area contributed by atoms with Gasteiger partial charge in [-0.05, 0) is 245 Å². The Morgan fingerprint density at radius 3 is 2.43 bits per heavy atom. The molecule has 3 aromatic rings. The molecule has 6 aliphatic heterocycles. The second kappa shape index (κ2) is 27.2. The number of nitrogens with zero attached hydrogens (tertiary/aromatic N) is 1. The number of nitrogens with one attached hydrogen (secondary N) is 2. The van der Waals surface area contributed by atoms with Crippen molar-refractivity contribution >= 4 is 5.96 Å². The summed E-state index contributed by atoms with van der Waals surface area (Å²) in [6, 6.07) is 11.6. The number of rotatable bonds is 12. The number of phenols is 2. The standard InChI is InChI=1S/C75H110N4O10/c1-46(2)31-53-35-58-52(36-62(53)84)34-57-50-16-15-49(56(33-50)47(3)13-7-6-10-29-80)32-54(82)41-74(24-12-23-73(74)27-30-87-75(44-73)25-11-14-48(40-75)42-77-4)45-79-71(76)78-28-20-55-60(43-81)72(21-8-9-22-72)26-19-64(55)88-66-37-51(17-18-61(66)83)70-63(85)38-59-65(89-70)39-67(86-5)69(58)68(57)59/h15-18,35-37,39,46-50,54-57,60,63-64,70,77,80-85H,6-14,19-34,38,40-45H2,1-5H3,(H3,76,78,79)/t47-,48+,49-,50-,54-,55-,56-,57+,60+,63-,64+,70+,73+,74+,75+/m1/s1. The van der Waals surface area contributed by atoms with Crippen LogP contribution in [0.15, 0.2) is 53.5 Å². The Bertz CT molecular complexity index is 2990. The second-order valence-electron chi connectivity index (χ2n) is 30.7. The molecule has 490 valence electrons. The van der Waals surface area contributed by atoms with E-state index in [1.54, 1.807) is 13.2 Å². The zero-order valence-corrected chi connectivity index (χ0v) is 54.6. The molecule has 0 aromatic heterocycles. The summed E-state index contributed by atoms with van der Waals surface area (Å²) in [7, 11) is 3.80. The first-order valence-electron chi connectivity index (χ1n) is 35.4. The number of allylic oxidation sites excluding steroid dienone is 2. The van der Waals surface area contributed by atoms with Gasteiger partial charge in [0, 0.05) is 62.4 Å². The molecule has 0 radical (unpaired) electrons. The average molecular weight is 1230 g/mol. The highest BCUT2D eigenvalue weighted by Gasteiger charge is 2.60. The summed E-state index contributed by atoms with van der Waals surface area (Å²) in [5, 5.41) is 77.8. The van der Waals surface area contributed by atoms with Crippen LogP contribution >= 0.6 is 0 Å². The number of aliphatic hydroxyl groups is 4. The maximum absolute atomic E-state index is 13.2. The summed E-state index contributed by atoms with van der Waals surface area (Å²) in [6.45, 7) is 9.81. The number of aliphatic imine (C=N–C) groups is 1. The van der Waals surface area contributed by atoms with Crippen molar-refractivity contribution in [1.82, 2.24) is 10.6 Å². The Balaban J connectivity index is 0.972. The quantitative estimate of drug-likeness (QED) is 0.0609. The van der Waals surface area contributed by atoms with Crippen LogP contribution < -0.4 is 30.6 Å². The third-order valence-electron chi connectivity index (χ3n) is 25.0. The van der Waals surface area contributed by atoms with Gasteiger partial charge in [-0.25, -0.2) is 0 Å². The summed E-state index contributed by atoms with van der Waals surface area (Å²) in [5.41, 5.74) is 13.4. The lowest BCUT2D eigenvalue weighted by molar-refractivity contribution is -0.179. The van der Waals surface area contributed by atoms with Crippen molar-refractivity contribution in [2.75, 3.05) is 53.6 Å². The molecular weight excluding hydrogens is 1120 g/mol. The summed E-state index contributed by atoms with van der Waals surface area (Å²) in [4.78, 5) is 5.39. The van der Waals surface area contributed by atoms with E-state index in [1.807, 2.05) is 24.3 Å². The monoisotopic (exact) mass is 1230 g/mol. The molecule has 14 nitrogen and oxygen atoms in total. The SMILES string of the molecule is CNC[C@H]1CCC[C@]2(C1)C[C@]1(CCC[C@]13CN=C(N)NCC[C@H]1[C@H](CCC4(CCCC4)[C@H]1CO)Oc1cc(ccc1O)[C@@H]1Oc4cc(OC)c5c(c4C[C@H]1O)[C@@H](Cc1cc(O)c(CC(C)C)cc1-5)[C@@H]1C=C[C@H](C[C@@H](O)C3)[C@@H]([C@H](C)CCCCCO)C1)CCO2. The van der Waals surface area contributed by atoms with Gasteiger partial charge in [0.05, 0.1) is 24.9 Å². The number of nitrogens with two attached hydrogens (primary N) is 1. The molecule has 10 N–H and O–H groups in total. The van der Waals surface area contributed by atoms with Crippen LogP contribution in [0.4, 0.5) is 0 Å². The number of ether oxygens (including phenoxy) is 4. The normalized spacial score (nSPS) is 34.7. The van der Waals surface area contributed by atoms with E-state index in [4.69, 9.17) is 29.7 Å². The van der Waals surface area contributed by atoms with Crippen LogP contribution in [0.1, 0.15) is 208 Å². The van der Waals surface area contributed by atoms with Gasteiger partial charge < -0.3 is 66.0 Å². The van der Waals surface area contributed by atoms with Crippen LogP contribution in [-0.2, 0) is 24.0 Å². The molecular formula is C75H110N4O10. The minimum absolute atomic E-state index is 0.000427. The number of aliphatic hydroxyl groups excluding tert-OH is 4. The fourth-order valence-electron chi connectivity index (χ4n) is 20.8. The van der Waals surface area contributed by atoms with Crippen molar-refractivity contribution in [3.63, 3.8) is 0 Å². The third kappa shape index (κ3) is 12.9. The Morgan fingerprint density at radius 1 is 0.820 bits per heavy atom. The maximum atomic E-state index is 13.2. The second-order valence-corrected chi connectivity index (χ2v) is 30.7. The molecule has 89 heavy (non-hydrogen) atoms. The molecule has 6 heterocycles. The van der Waals surface area contributed by atoms with Crippen LogP contribution in [0.25, 0.3) is 11.1 Å². The van der Waals surface area contributed by atoms with Gasteiger partial charge in [-0.15, -0.1) is 0 Å². The number of hydrogen-bond acceptors (Lipinski definition) is 14. The highest BCUT2D eigenvalue weighted by Crippen LogP contribution is 2.66. The Labute approximate surface area is 531 Å². The topological polar surface area (TPSA) is 221 Å². The van der Waals surface area contributed by atoms with Gasteiger partial charge >= 0.3 is 0 Å². The minimum atomic E-state index is -0.942. The fourth-order valence-corrected chi connectivity index (χ4v) is 20.8. The molecule has 1 saturated heterocycles. The first-order valence-corrected chi connectivity index (χ1v) is 35.4. The highest BCUT2D eigenvalue weighted by molar-refractivity contribution is 5.84. The highest BCUT2D eigenvalue weighted by atomic mass is 16.5. The number of guanidine groups is 1. The Hall–Kier alpha value is -4.57. The van der Waals surface area contributed by atoms with E-state index in [0.717, 1.165) is 175 Å². The predicted molar refractivity (Wildman–Crippen MR) is 351 cm³/mol. The lowest BCUT2D eigenvalue weighted by atomic mass is 9.54. The summed E-state index contributed by atoms with van der Waals surface area (Å²) in [6.07, 6.45) is 26.5. The van der Waals surface area contributed by atoms with Crippen molar-refractivity contribution in [2.24, 2.45) is 74.3 Å². The predicted octanol–water partition coefficient (Wildman–Crippen LogP) is 12.5. The van der Waals surface area contributed by atoms with E-state index in [-0.39, 0.29) is 82.4 Å². The smallest absolute Gasteiger partial charge is 0.188 e. The van der Waals surface area contributed by atoms with Crippen LogP contribution in [0, 0.1) is 63.6 Å². The zero-order valence-electron chi connectivity index (χ0n) is 54.6. The number of hydrogen-bond donors (Lipinski definition) is 9. The van der Waals surface area contributed by atoms with Crippen LogP contribution in [0.3, 0.4) is 0 Å². The van der Waals surface area contributed by atoms with Gasteiger partial charge in [-0.1, -0.05) is 83.9 Å². The Kier molecular flexibility index (Phi) is 19.7. The van der Waals surface area contributed by atoms with Crippen molar-refractivity contribution in [2.45, 2.75) is 224 Å². The van der Waals surface area contributed by atoms with Crippen LogP contribution in [0.2, 0.25) is 0 Å². The lowest BCUT2D eigenvalue weighted by Gasteiger charge is -2.56. The van der Waals surface area contributed by atoms with Gasteiger partial charge in [0.15, 0.2) is 17.5 Å². The van der Waals surface area contributed by atoms with E-state index < -0.39 is 18.3 Å². The minimum Gasteiger partial charge on any atom is -0.508 e. The molecule has 12 aliphatic rings. The molecule has 15 atom stereocenters. The molecule has 6 aliphatic carbocycles. The molecule has 0 unspecified atom stereocenters. The average Bonchev–Trinajstić information content (AvgIpc) is 1.20. The molecule has 4 saturated carbocycles. The van der Waals surface area contributed by atoms with Crippen LogP contribution in [-0.4, -0.2) is 114 Å². The van der Waals surface area contributed by atoms with Crippen molar-refractivity contribution in [1.29, 1.82) is 0 Å². The zero-order chi connectivity index (χ0) is 62.2. The Morgan fingerprint density at radius 2 is 1.64 bits per heavy atom. The van der Waals surface area contributed by atoms with Crippen molar-refractivity contribution < 1.29 is 49.6 Å². The third-order valence-corrected chi connectivity index (χ3v) is 25.0. The summed E-state index contributed by atoms with van der Waals surface area (Å²) < 4.78 is 27.7. The molecule has 14 heteroatoms. The van der Waals surface area contributed by atoms with Gasteiger partial charge in [-0.2, -0.15) is 0 Å². The van der Waals surface area contributed by atoms with Gasteiger partial charge in [-0.3, -0.25) is 4.99 Å². The van der Waals surface area contributed by atoms with E-state index in [2.05, 4.69) is 56.7 Å². The molecule has 4 spiro atoms. The molecule has 5 fully saturated rings. The summed E-state index contributed by atoms with van der Waals surface area (Å²) >= 11 is 0.